The molecule has 0 bridgehead atoms. The minimum Gasteiger partial charge on any atom is -0.365 e. The Kier molecular flexibility index (Phi) is 2.90. The van der Waals surface area contributed by atoms with Gasteiger partial charge in [0.25, 0.3) is 0 Å². The van der Waals surface area contributed by atoms with Crippen molar-refractivity contribution >= 4 is 17.0 Å². The van der Waals surface area contributed by atoms with Crippen LogP contribution in [0.3, 0.4) is 0 Å². The summed E-state index contributed by atoms with van der Waals surface area (Å²) in [6.07, 6.45) is 4.11. The van der Waals surface area contributed by atoms with E-state index in [1.165, 1.54) is 31.5 Å². The molecule has 2 heterocycles. The molecule has 1 saturated carbocycles. The quantitative estimate of drug-likeness (QED) is 0.868. The molecule has 3 heteroatoms. The van der Waals surface area contributed by atoms with Crippen molar-refractivity contribution in [2.45, 2.75) is 38.3 Å². The van der Waals surface area contributed by atoms with Gasteiger partial charge in [0.05, 0.1) is 0 Å². The van der Waals surface area contributed by atoms with E-state index in [1.54, 1.807) is 0 Å². The first kappa shape index (κ1) is 10.6. The molecule has 1 aromatic rings. The Morgan fingerprint density at radius 2 is 2.38 bits per heavy atom. The summed E-state index contributed by atoms with van der Waals surface area (Å²) in [6, 6.07) is 3.69. The van der Waals surface area contributed by atoms with Gasteiger partial charge in [-0.05, 0) is 36.6 Å². The van der Waals surface area contributed by atoms with E-state index >= 15 is 0 Å². The van der Waals surface area contributed by atoms with Crippen LogP contribution in [0.25, 0.3) is 0 Å². The largest absolute Gasteiger partial charge is 0.365 e. The molecule has 1 aromatic heterocycles. The van der Waals surface area contributed by atoms with Gasteiger partial charge in [0.2, 0.25) is 0 Å². The second-order valence-corrected chi connectivity index (χ2v) is 5.83. The number of rotatable bonds is 3. The van der Waals surface area contributed by atoms with Gasteiger partial charge in [-0.3, -0.25) is 0 Å². The van der Waals surface area contributed by atoms with Crippen molar-refractivity contribution in [3.8, 4) is 0 Å². The normalized spacial score (nSPS) is 30.7. The second kappa shape index (κ2) is 4.38. The Morgan fingerprint density at radius 1 is 1.50 bits per heavy atom. The summed E-state index contributed by atoms with van der Waals surface area (Å²) < 4.78 is 0. The third kappa shape index (κ3) is 1.98. The van der Waals surface area contributed by atoms with Crippen molar-refractivity contribution < 1.29 is 0 Å². The molecular formula is C13H20N2S. The van der Waals surface area contributed by atoms with Gasteiger partial charge >= 0.3 is 0 Å². The minimum absolute atomic E-state index is 0.685. The van der Waals surface area contributed by atoms with Crippen molar-refractivity contribution in [2.24, 2.45) is 5.92 Å². The van der Waals surface area contributed by atoms with Crippen LogP contribution >= 0.6 is 11.3 Å². The molecule has 1 N–H and O–H groups in total. The lowest BCUT2D eigenvalue weighted by molar-refractivity contribution is 0.360. The van der Waals surface area contributed by atoms with Gasteiger partial charge in [0, 0.05) is 36.2 Å². The van der Waals surface area contributed by atoms with E-state index in [2.05, 4.69) is 34.0 Å². The van der Waals surface area contributed by atoms with Crippen LogP contribution in [0.5, 0.6) is 0 Å². The predicted molar refractivity (Wildman–Crippen MR) is 70.3 cm³/mol. The van der Waals surface area contributed by atoms with Gasteiger partial charge in [-0.15, -0.1) is 0 Å². The van der Waals surface area contributed by atoms with Crippen molar-refractivity contribution in [1.29, 1.82) is 0 Å². The van der Waals surface area contributed by atoms with Gasteiger partial charge < -0.3 is 10.2 Å². The molecule has 1 aliphatic heterocycles. The monoisotopic (exact) mass is 236 g/mol. The third-order valence-electron chi connectivity index (χ3n) is 3.95. The molecule has 3 rings (SSSR count). The van der Waals surface area contributed by atoms with Crippen molar-refractivity contribution in [2.75, 3.05) is 18.0 Å². The van der Waals surface area contributed by atoms with Crippen LogP contribution in [0.15, 0.2) is 16.8 Å². The molecule has 2 aliphatic rings. The standard InChI is InChI=1S/C13H20N2S/c1-2-11-7-14-13(10-3-4-10)8-15(11)12-5-6-16-9-12/h5-6,9-11,13-14H,2-4,7-8H2,1H3. The Labute approximate surface area is 102 Å². The Bertz CT molecular complexity index is 332. The molecule has 1 saturated heterocycles. The number of nitrogens with one attached hydrogen (secondary N) is 1. The maximum atomic E-state index is 3.74. The number of nitrogens with zero attached hydrogens (tertiary/aromatic N) is 1. The highest BCUT2D eigenvalue weighted by molar-refractivity contribution is 7.08. The first-order chi connectivity index (χ1) is 7.88. The van der Waals surface area contributed by atoms with Crippen LogP contribution in [0.2, 0.25) is 0 Å². The second-order valence-electron chi connectivity index (χ2n) is 5.05. The summed E-state index contributed by atoms with van der Waals surface area (Å²) in [4.78, 5) is 2.62. The van der Waals surface area contributed by atoms with E-state index in [0.717, 1.165) is 18.5 Å². The average Bonchev–Trinajstić information content (AvgIpc) is 3.04. The molecular weight excluding hydrogens is 216 g/mol. The maximum absolute atomic E-state index is 3.74. The molecule has 2 atom stereocenters. The molecule has 0 radical (unpaired) electrons. The Morgan fingerprint density at radius 3 is 3.00 bits per heavy atom. The first-order valence-corrected chi connectivity index (χ1v) is 7.35. The molecule has 0 aromatic carbocycles. The number of anilines is 1. The molecule has 2 nitrogen and oxygen atoms in total. The molecule has 2 fully saturated rings. The third-order valence-corrected chi connectivity index (χ3v) is 4.62. The van der Waals surface area contributed by atoms with E-state index in [0.29, 0.717) is 6.04 Å². The van der Waals surface area contributed by atoms with Crippen LogP contribution in [0.1, 0.15) is 26.2 Å². The zero-order valence-corrected chi connectivity index (χ0v) is 10.7. The van der Waals surface area contributed by atoms with Gasteiger partial charge in [-0.2, -0.15) is 11.3 Å². The smallest absolute Gasteiger partial charge is 0.0478 e. The molecule has 1 aliphatic carbocycles. The van der Waals surface area contributed by atoms with E-state index in [9.17, 15) is 0 Å². The summed E-state index contributed by atoms with van der Waals surface area (Å²) in [6.45, 7) is 4.66. The van der Waals surface area contributed by atoms with Crippen LogP contribution < -0.4 is 10.2 Å². The van der Waals surface area contributed by atoms with Crippen molar-refractivity contribution in [3.05, 3.63) is 16.8 Å². The zero-order valence-electron chi connectivity index (χ0n) is 9.86. The zero-order chi connectivity index (χ0) is 11.0. The minimum atomic E-state index is 0.685. The van der Waals surface area contributed by atoms with Crippen LogP contribution in [-0.4, -0.2) is 25.2 Å². The van der Waals surface area contributed by atoms with E-state index in [4.69, 9.17) is 0 Å². The van der Waals surface area contributed by atoms with Gasteiger partial charge in [0.15, 0.2) is 0 Å². The van der Waals surface area contributed by atoms with Crippen molar-refractivity contribution in [1.82, 2.24) is 5.32 Å². The van der Waals surface area contributed by atoms with Crippen LogP contribution in [-0.2, 0) is 0 Å². The van der Waals surface area contributed by atoms with Crippen LogP contribution in [0.4, 0.5) is 5.69 Å². The Hall–Kier alpha value is -0.540. The summed E-state index contributed by atoms with van der Waals surface area (Å²) in [7, 11) is 0. The average molecular weight is 236 g/mol. The predicted octanol–water partition coefficient (Wildman–Crippen LogP) is 2.71. The highest BCUT2D eigenvalue weighted by Gasteiger charge is 2.36. The van der Waals surface area contributed by atoms with Gasteiger partial charge in [-0.1, -0.05) is 6.92 Å². The van der Waals surface area contributed by atoms with E-state index in [-0.39, 0.29) is 0 Å². The van der Waals surface area contributed by atoms with Crippen LogP contribution in [0, 0.1) is 5.92 Å². The van der Waals surface area contributed by atoms with Crippen molar-refractivity contribution in [3.63, 3.8) is 0 Å². The van der Waals surface area contributed by atoms with Gasteiger partial charge in [0.1, 0.15) is 0 Å². The molecule has 88 valence electrons. The molecule has 2 unspecified atom stereocenters. The number of piperazine rings is 1. The van der Waals surface area contributed by atoms with Gasteiger partial charge in [-0.25, -0.2) is 0 Å². The summed E-state index contributed by atoms with van der Waals surface area (Å²) >= 11 is 1.81. The Balaban J connectivity index is 1.75. The fourth-order valence-electron chi connectivity index (χ4n) is 2.74. The highest BCUT2D eigenvalue weighted by Crippen LogP contribution is 2.35. The lowest BCUT2D eigenvalue weighted by atomic mass is 10.0. The molecule has 0 amide bonds. The maximum Gasteiger partial charge on any atom is 0.0478 e. The molecule has 16 heavy (non-hydrogen) atoms. The number of hydrogen-bond acceptors (Lipinski definition) is 3. The first-order valence-electron chi connectivity index (χ1n) is 6.40. The topological polar surface area (TPSA) is 15.3 Å². The summed E-state index contributed by atoms with van der Waals surface area (Å²) in [5.41, 5.74) is 1.43. The lowest BCUT2D eigenvalue weighted by Gasteiger charge is -2.41. The van der Waals surface area contributed by atoms with E-state index in [1.807, 2.05) is 11.3 Å². The lowest BCUT2D eigenvalue weighted by Crippen LogP contribution is -2.57. The molecule has 0 spiro atoms. The summed E-state index contributed by atoms with van der Waals surface area (Å²) in [5.74, 6) is 0.957. The van der Waals surface area contributed by atoms with E-state index < -0.39 is 0 Å². The fraction of sp³-hybridized carbons (Fsp3) is 0.692. The number of thiophene rings is 1. The highest BCUT2D eigenvalue weighted by atomic mass is 32.1. The number of hydrogen-bond donors (Lipinski definition) is 1. The fourth-order valence-corrected chi connectivity index (χ4v) is 3.39. The SMILES string of the molecule is CCC1CNC(C2CC2)CN1c1ccsc1. The summed E-state index contributed by atoms with van der Waals surface area (Å²) in [5, 5.41) is 8.22.